The van der Waals surface area contributed by atoms with Gasteiger partial charge in [0.2, 0.25) is 0 Å². The first-order valence-electron chi connectivity index (χ1n) is 29.7. The average Bonchev–Trinajstić information content (AvgIpc) is 3.37. The second-order valence-corrected chi connectivity index (χ2v) is 19.5. The summed E-state index contributed by atoms with van der Waals surface area (Å²) in [7, 11) is 0. The largest absolute Gasteiger partial charge is 0.462 e. The number of hydrogen-bond donors (Lipinski definition) is 0. The minimum Gasteiger partial charge on any atom is -0.462 e. The second-order valence-electron chi connectivity index (χ2n) is 19.5. The number of allylic oxidation sites excluding steroid dienone is 16. The van der Waals surface area contributed by atoms with Crippen LogP contribution in [-0.4, -0.2) is 37.2 Å². The Morgan fingerprint density at radius 1 is 0.296 bits per heavy atom. The molecule has 1 unspecified atom stereocenters. The molecule has 0 aliphatic heterocycles. The minimum absolute atomic E-state index is 0.0885. The summed E-state index contributed by atoms with van der Waals surface area (Å²) in [4.78, 5) is 38.2. The maximum Gasteiger partial charge on any atom is 0.306 e. The monoisotopic (exact) mass is 987 g/mol. The number of carbonyl (C=O) groups is 3. The van der Waals surface area contributed by atoms with Crippen LogP contribution in [-0.2, 0) is 28.6 Å². The summed E-state index contributed by atoms with van der Waals surface area (Å²) in [5.74, 6) is -0.913. The van der Waals surface area contributed by atoms with Crippen LogP contribution in [0.25, 0.3) is 0 Å². The van der Waals surface area contributed by atoms with Gasteiger partial charge in [-0.25, -0.2) is 0 Å². The average molecular weight is 988 g/mol. The summed E-state index contributed by atoms with van der Waals surface area (Å²) in [6, 6.07) is 0. The Labute approximate surface area is 438 Å². The van der Waals surface area contributed by atoms with E-state index < -0.39 is 6.10 Å². The van der Waals surface area contributed by atoms with E-state index in [1.54, 1.807) is 0 Å². The summed E-state index contributed by atoms with van der Waals surface area (Å²) >= 11 is 0. The van der Waals surface area contributed by atoms with Crippen molar-refractivity contribution in [1.29, 1.82) is 0 Å². The smallest absolute Gasteiger partial charge is 0.306 e. The molecule has 0 bridgehead atoms. The van der Waals surface area contributed by atoms with Gasteiger partial charge in [-0.15, -0.1) is 0 Å². The Hall–Kier alpha value is -3.67. The van der Waals surface area contributed by atoms with E-state index in [-0.39, 0.29) is 31.1 Å². The molecule has 0 rings (SSSR count). The van der Waals surface area contributed by atoms with Gasteiger partial charge in [0.15, 0.2) is 6.10 Å². The van der Waals surface area contributed by atoms with Gasteiger partial charge in [-0.2, -0.15) is 0 Å². The lowest BCUT2D eigenvalue weighted by Crippen LogP contribution is -2.30. The van der Waals surface area contributed by atoms with Gasteiger partial charge in [0.25, 0.3) is 0 Å². The molecule has 0 saturated carbocycles. The van der Waals surface area contributed by atoms with Crippen molar-refractivity contribution in [3.8, 4) is 0 Å². The van der Waals surface area contributed by atoms with Crippen LogP contribution < -0.4 is 0 Å². The van der Waals surface area contributed by atoms with Crippen LogP contribution >= 0.6 is 0 Å². The Bertz CT molecular complexity index is 1410. The Kier molecular flexibility index (Phi) is 55.9. The lowest BCUT2D eigenvalue weighted by atomic mass is 10.1. The third-order valence-electron chi connectivity index (χ3n) is 12.5. The molecular formula is C65H110O6. The van der Waals surface area contributed by atoms with E-state index in [2.05, 4.69) is 118 Å². The number of ether oxygens (including phenoxy) is 3. The Balaban J connectivity index is 4.34. The molecule has 0 aliphatic carbocycles. The fourth-order valence-electron chi connectivity index (χ4n) is 8.09. The molecule has 71 heavy (non-hydrogen) atoms. The first-order chi connectivity index (χ1) is 35.0. The van der Waals surface area contributed by atoms with Gasteiger partial charge >= 0.3 is 17.9 Å². The van der Waals surface area contributed by atoms with Crippen LogP contribution in [0, 0.1) is 0 Å². The van der Waals surface area contributed by atoms with Crippen molar-refractivity contribution in [2.24, 2.45) is 0 Å². The normalized spacial score (nSPS) is 12.8. The van der Waals surface area contributed by atoms with E-state index in [0.717, 1.165) is 141 Å². The van der Waals surface area contributed by atoms with E-state index in [1.807, 2.05) is 0 Å². The first-order valence-corrected chi connectivity index (χ1v) is 29.7. The van der Waals surface area contributed by atoms with Crippen LogP contribution in [0.3, 0.4) is 0 Å². The van der Waals surface area contributed by atoms with Gasteiger partial charge in [0.05, 0.1) is 0 Å². The predicted molar refractivity (Wildman–Crippen MR) is 307 cm³/mol. The van der Waals surface area contributed by atoms with Crippen LogP contribution in [0.15, 0.2) is 97.2 Å². The van der Waals surface area contributed by atoms with E-state index in [1.165, 1.54) is 96.3 Å². The lowest BCUT2D eigenvalue weighted by molar-refractivity contribution is -0.167. The van der Waals surface area contributed by atoms with Crippen LogP contribution in [0.4, 0.5) is 0 Å². The van der Waals surface area contributed by atoms with Crippen molar-refractivity contribution in [2.75, 3.05) is 13.2 Å². The molecule has 0 aliphatic rings. The van der Waals surface area contributed by atoms with Crippen LogP contribution in [0.1, 0.15) is 278 Å². The molecule has 0 aromatic rings. The molecule has 0 aromatic heterocycles. The van der Waals surface area contributed by atoms with E-state index in [0.29, 0.717) is 19.3 Å². The highest BCUT2D eigenvalue weighted by molar-refractivity contribution is 5.71. The molecule has 0 amide bonds. The van der Waals surface area contributed by atoms with Crippen molar-refractivity contribution < 1.29 is 28.6 Å². The third-order valence-corrected chi connectivity index (χ3v) is 12.5. The zero-order chi connectivity index (χ0) is 51.4. The van der Waals surface area contributed by atoms with E-state index in [4.69, 9.17) is 14.2 Å². The van der Waals surface area contributed by atoms with Gasteiger partial charge in [-0.3, -0.25) is 14.4 Å². The van der Waals surface area contributed by atoms with Gasteiger partial charge in [-0.1, -0.05) is 240 Å². The molecule has 0 N–H and O–H groups in total. The fourth-order valence-corrected chi connectivity index (χ4v) is 8.09. The van der Waals surface area contributed by atoms with Gasteiger partial charge < -0.3 is 14.2 Å². The van der Waals surface area contributed by atoms with Gasteiger partial charge in [0.1, 0.15) is 13.2 Å². The summed E-state index contributed by atoms with van der Waals surface area (Å²) in [6.07, 6.45) is 78.3. The maximum absolute atomic E-state index is 12.9. The number of hydrogen-bond acceptors (Lipinski definition) is 6. The lowest BCUT2D eigenvalue weighted by Gasteiger charge is -2.18. The minimum atomic E-state index is -0.791. The fraction of sp³-hybridized carbons (Fsp3) is 0.708. The standard InChI is InChI=1S/C65H110O6/c1-4-7-10-13-16-19-22-25-27-28-29-30-31-32-33-34-35-36-38-40-43-46-49-52-55-58-64(67)70-61-62(60-69-63(66)57-54-51-48-45-42-39-24-21-18-15-12-9-6-3)71-65(68)59-56-53-50-47-44-41-37-26-23-20-17-14-11-8-5-2/h7,10,12,15-16,19,21,24-27,29-30,32-33,37,62H,4-6,8-9,11,13-14,17-18,20,22-23,28,31,34-36,38-61H2,1-3H3/b10-7-,15-12-,19-16-,24-21-,27-25-,30-29-,33-32-,37-26-. The SMILES string of the molecule is CC/C=C\C/C=C\C/C=C\C/C=C\C/C=C\CCCCCCCCCCCC(=O)OCC(COC(=O)CCCCCCC/C=C\C/C=C\CCC)OC(=O)CCCCCCC/C=C\CCCCCCCC. The van der Waals surface area contributed by atoms with Crippen molar-refractivity contribution >= 4 is 17.9 Å². The first kappa shape index (κ1) is 67.3. The van der Waals surface area contributed by atoms with Crippen molar-refractivity contribution in [3.05, 3.63) is 97.2 Å². The highest BCUT2D eigenvalue weighted by Gasteiger charge is 2.19. The number of esters is 3. The zero-order valence-corrected chi connectivity index (χ0v) is 46.5. The molecule has 6 heteroatoms. The molecule has 0 aromatic carbocycles. The summed E-state index contributed by atoms with van der Waals surface area (Å²) in [5.41, 5.74) is 0. The molecule has 0 spiro atoms. The predicted octanol–water partition coefficient (Wildman–Crippen LogP) is 20.1. The molecule has 406 valence electrons. The number of rotatable bonds is 53. The highest BCUT2D eigenvalue weighted by Crippen LogP contribution is 2.15. The summed E-state index contributed by atoms with van der Waals surface area (Å²) < 4.78 is 16.9. The maximum atomic E-state index is 12.9. The topological polar surface area (TPSA) is 78.9 Å². The molecule has 0 saturated heterocycles. The van der Waals surface area contributed by atoms with Gasteiger partial charge in [0, 0.05) is 19.3 Å². The molecule has 6 nitrogen and oxygen atoms in total. The zero-order valence-electron chi connectivity index (χ0n) is 46.5. The quantitative estimate of drug-likeness (QED) is 0.0261. The number of unbranched alkanes of at least 4 members (excludes halogenated alkanes) is 26. The molecule has 0 radical (unpaired) electrons. The van der Waals surface area contributed by atoms with Gasteiger partial charge in [-0.05, 0) is 116 Å². The highest BCUT2D eigenvalue weighted by atomic mass is 16.6. The molecule has 1 atom stereocenters. The summed E-state index contributed by atoms with van der Waals surface area (Å²) in [6.45, 7) is 6.44. The van der Waals surface area contributed by atoms with E-state index >= 15 is 0 Å². The van der Waals surface area contributed by atoms with Crippen LogP contribution in [0.5, 0.6) is 0 Å². The van der Waals surface area contributed by atoms with Crippen molar-refractivity contribution in [3.63, 3.8) is 0 Å². The Morgan fingerprint density at radius 2 is 0.577 bits per heavy atom. The second kappa shape index (κ2) is 58.9. The van der Waals surface area contributed by atoms with Crippen LogP contribution in [0.2, 0.25) is 0 Å². The number of carbonyl (C=O) groups excluding carboxylic acids is 3. The summed E-state index contributed by atoms with van der Waals surface area (Å²) in [5, 5.41) is 0. The Morgan fingerprint density at radius 3 is 0.930 bits per heavy atom. The molecular weight excluding hydrogens is 877 g/mol. The third kappa shape index (κ3) is 57.1. The molecule has 0 fully saturated rings. The van der Waals surface area contributed by atoms with E-state index in [9.17, 15) is 14.4 Å². The van der Waals surface area contributed by atoms with Crippen molar-refractivity contribution in [2.45, 2.75) is 284 Å². The molecule has 0 heterocycles. The van der Waals surface area contributed by atoms with Crippen molar-refractivity contribution in [1.82, 2.24) is 0 Å².